The maximum Gasteiger partial charge on any atom is 0.274 e. The van der Waals surface area contributed by atoms with Gasteiger partial charge in [-0.15, -0.1) is 0 Å². The molecule has 1 amide bonds. The van der Waals surface area contributed by atoms with Crippen LogP contribution in [0.1, 0.15) is 17.5 Å². The van der Waals surface area contributed by atoms with E-state index >= 15 is 0 Å². The van der Waals surface area contributed by atoms with E-state index in [1.165, 1.54) is 11.0 Å². The van der Waals surface area contributed by atoms with Crippen LogP contribution in [-0.2, 0) is 13.8 Å². The maximum absolute atomic E-state index is 12.1. The predicted octanol–water partition coefficient (Wildman–Crippen LogP) is 2.13. The Morgan fingerprint density at radius 2 is 2.00 bits per heavy atom. The van der Waals surface area contributed by atoms with Crippen molar-refractivity contribution in [1.82, 2.24) is 0 Å². The van der Waals surface area contributed by atoms with E-state index in [1.807, 2.05) is 0 Å². The lowest BCUT2D eigenvalue weighted by Crippen LogP contribution is -2.26. The van der Waals surface area contributed by atoms with Gasteiger partial charge >= 0.3 is 0 Å². The van der Waals surface area contributed by atoms with E-state index in [0.29, 0.717) is 11.3 Å². The number of rotatable bonds is 4. The summed E-state index contributed by atoms with van der Waals surface area (Å²) in [5.41, 5.74) is 1.61. The second-order valence-electron chi connectivity index (χ2n) is 5.46. The minimum Gasteiger partial charge on any atom is -0.312 e. The molecule has 1 aliphatic heterocycles. The maximum atomic E-state index is 12.1. The topological polar surface area (TPSA) is 97.6 Å². The number of anilines is 1. The molecule has 0 aliphatic carbocycles. The summed E-state index contributed by atoms with van der Waals surface area (Å²) in [7, 11) is 1.54. The van der Waals surface area contributed by atoms with Gasteiger partial charge in [-0.25, -0.2) is 8.42 Å². The Bertz CT molecular complexity index is 747. The van der Waals surface area contributed by atoms with Gasteiger partial charge in [-0.1, -0.05) is 0 Å². The number of hydrogen-bond acceptors (Lipinski definition) is 5. The van der Waals surface area contributed by atoms with Gasteiger partial charge in [0.05, 0.1) is 16.4 Å². The minimum atomic E-state index is -3.69. The molecule has 1 saturated heterocycles. The van der Waals surface area contributed by atoms with Gasteiger partial charge in [0.2, 0.25) is 15.0 Å². The Labute approximate surface area is 132 Å². The van der Waals surface area contributed by atoms with Crippen LogP contribution in [-0.4, -0.2) is 31.5 Å². The minimum absolute atomic E-state index is 0.0626. The summed E-state index contributed by atoms with van der Waals surface area (Å²) >= 11 is 0. The number of halogens is 1. The summed E-state index contributed by atoms with van der Waals surface area (Å²) in [6.45, 7) is 3.57. The highest BCUT2D eigenvalue weighted by Crippen LogP contribution is 2.33. The predicted molar refractivity (Wildman–Crippen MR) is 82.7 cm³/mol. The average molecular weight is 347 g/mol. The third-order valence-electron chi connectivity index (χ3n) is 3.64. The third-order valence-corrected chi connectivity index (χ3v) is 4.89. The zero-order valence-electron chi connectivity index (χ0n) is 12.1. The molecule has 1 aromatic carbocycles. The Balaban J connectivity index is 2.34. The summed E-state index contributed by atoms with van der Waals surface area (Å²) in [5, 5.41) is 11.0. The van der Waals surface area contributed by atoms with E-state index in [0.717, 1.165) is 5.56 Å². The molecule has 0 bridgehead atoms. The molecule has 1 heterocycles. The van der Waals surface area contributed by atoms with Crippen molar-refractivity contribution in [3.63, 3.8) is 0 Å². The van der Waals surface area contributed by atoms with Crippen LogP contribution in [0.4, 0.5) is 11.4 Å². The van der Waals surface area contributed by atoms with Crippen LogP contribution in [0.25, 0.3) is 0 Å². The van der Waals surface area contributed by atoms with Crippen molar-refractivity contribution >= 4 is 37.0 Å². The zero-order chi connectivity index (χ0) is 16.7. The summed E-state index contributed by atoms with van der Waals surface area (Å²) in [6, 6.07) is 3.01. The monoisotopic (exact) mass is 346 g/mol. The molecular weight excluding hydrogens is 332 g/mol. The highest BCUT2D eigenvalue weighted by Gasteiger charge is 2.34. The van der Waals surface area contributed by atoms with Crippen molar-refractivity contribution in [2.45, 2.75) is 20.3 Å². The molecule has 2 rings (SSSR count). The molecule has 0 N–H and O–H groups in total. The van der Waals surface area contributed by atoms with Crippen LogP contribution in [0, 0.1) is 29.9 Å². The first-order chi connectivity index (χ1) is 10.1. The molecule has 0 radical (unpaired) electrons. The molecule has 1 fully saturated rings. The van der Waals surface area contributed by atoms with Crippen LogP contribution in [0.5, 0.6) is 0 Å². The van der Waals surface area contributed by atoms with E-state index in [1.54, 1.807) is 19.9 Å². The van der Waals surface area contributed by atoms with Gasteiger partial charge in [-0.2, -0.15) is 0 Å². The number of benzene rings is 1. The molecule has 7 nitrogen and oxygen atoms in total. The Morgan fingerprint density at radius 1 is 1.36 bits per heavy atom. The van der Waals surface area contributed by atoms with Crippen molar-refractivity contribution < 1.29 is 18.1 Å². The molecular formula is C13H15ClN2O5S. The summed E-state index contributed by atoms with van der Waals surface area (Å²) < 4.78 is 22.3. The van der Waals surface area contributed by atoms with E-state index < -0.39 is 19.9 Å². The SMILES string of the molecule is Cc1cc(C)c([N+](=O)[O-])cc1N1CC(CS(=O)(=O)Cl)CC1=O. The molecule has 1 aromatic rings. The van der Waals surface area contributed by atoms with Crippen LogP contribution >= 0.6 is 10.7 Å². The molecule has 1 aliphatic rings. The standard InChI is InChI=1S/C13H15ClN2O5S/c1-8-3-9(2)12(16(18)19)5-11(8)15-6-10(4-13(15)17)7-22(14,20)21/h3,5,10H,4,6-7H2,1-2H3. The number of hydrogen-bond donors (Lipinski definition) is 0. The molecule has 1 atom stereocenters. The van der Waals surface area contributed by atoms with Crippen LogP contribution in [0.15, 0.2) is 12.1 Å². The highest BCUT2D eigenvalue weighted by molar-refractivity contribution is 8.13. The molecule has 0 aromatic heterocycles. The first-order valence-corrected chi connectivity index (χ1v) is 9.04. The normalized spacial score (nSPS) is 18.8. The van der Waals surface area contributed by atoms with Crippen molar-refractivity contribution in [3.05, 3.63) is 33.4 Å². The van der Waals surface area contributed by atoms with Gasteiger partial charge in [-0.3, -0.25) is 14.9 Å². The first kappa shape index (κ1) is 16.7. The van der Waals surface area contributed by atoms with Crippen molar-refractivity contribution in [1.29, 1.82) is 0 Å². The van der Waals surface area contributed by atoms with Crippen molar-refractivity contribution in [3.8, 4) is 0 Å². The molecule has 9 heteroatoms. The molecule has 22 heavy (non-hydrogen) atoms. The van der Waals surface area contributed by atoms with Crippen molar-refractivity contribution in [2.75, 3.05) is 17.2 Å². The molecule has 1 unspecified atom stereocenters. The fraction of sp³-hybridized carbons (Fsp3) is 0.462. The fourth-order valence-corrected chi connectivity index (χ4v) is 4.05. The summed E-state index contributed by atoms with van der Waals surface area (Å²) in [4.78, 5) is 24.0. The third kappa shape index (κ3) is 3.56. The van der Waals surface area contributed by atoms with Gasteiger partial charge in [0.25, 0.3) is 5.69 Å². The number of nitrogens with zero attached hydrogens (tertiary/aromatic N) is 2. The average Bonchev–Trinajstić information content (AvgIpc) is 2.67. The first-order valence-electron chi connectivity index (χ1n) is 6.57. The van der Waals surface area contributed by atoms with Gasteiger partial charge in [0.15, 0.2) is 0 Å². The second-order valence-corrected chi connectivity index (χ2v) is 8.28. The Hall–Kier alpha value is -1.67. The fourth-order valence-electron chi connectivity index (χ4n) is 2.72. The molecule has 0 spiro atoms. The quantitative estimate of drug-likeness (QED) is 0.472. The van der Waals surface area contributed by atoms with Crippen LogP contribution in [0.2, 0.25) is 0 Å². The van der Waals surface area contributed by atoms with Gasteiger partial charge in [0.1, 0.15) is 0 Å². The van der Waals surface area contributed by atoms with E-state index in [9.17, 15) is 23.3 Å². The number of nitro groups is 1. The number of nitro benzene ring substituents is 1. The van der Waals surface area contributed by atoms with Crippen LogP contribution < -0.4 is 4.90 Å². The lowest BCUT2D eigenvalue weighted by molar-refractivity contribution is -0.385. The van der Waals surface area contributed by atoms with Crippen LogP contribution in [0.3, 0.4) is 0 Å². The van der Waals surface area contributed by atoms with E-state index in [2.05, 4.69) is 0 Å². The lowest BCUT2D eigenvalue weighted by atomic mass is 10.1. The summed E-state index contributed by atoms with van der Waals surface area (Å²) in [6.07, 6.45) is 0.0626. The largest absolute Gasteiger partial charge is 0.312 e. The molecule has 120 valence electrons. The van der Waals surface area contributed by atoms with Gasteiger partial charge in [-0.05, 0) is 25.5 Å². The number of carbonyl (C=O) groups excluding carboxylic acids is 1. The lowest BCUT2D eigenvalue weighted by Gasteiger charge is -2.19. The van der Waals surface area contributed by atoms with Crippen molar-refractivity contribution in [2.24, 2.45) is 5.92 Å². The van der Waals surface area contributed by atoms with Gasteiger partial charge in [0, 0.05) is 41.2 Å². The number of carbonyl (C=O) groups is 1. The zero-order valence-corrected chi connectivity index (χ0v) is 13.6. The Kier molecular flexibility index (Phi) is 4.44. The van der Waals surface area contributed by atoms with Gasteiger partial charge < -0.3 is 4.90 Å². The number of aryl methyl sites for hydroxylation is 2. The highest BCUT2D eigenvalue weighted by atomic mass is 35.7. The number of amides is 1. The second kappa shape index (κ2) is 5.85. The smallest absolute Gasteiger partial charge is 0.274 e. The van der Waals surface area contributed by atoms with E-state index in [4.69, 9.17) is 10.7 Å². The Morgan fingerprint density at radius 3 is 2.55 bits per heavy atom. The van der Waals surface area contributed by atoms with E-state index in [-0.39, 0.29) is 30.3 Å². The summed E-state index contributed by atoms with van der Waals surface area (Å²) in [5.74, 6) is -0.953. The molecule has 0 saturated carbocycles.